The second-order valence-corrected chi connectivity index (χ2v) is 5.00. The van der Waals surface area contributed by atoms with Crippen molar-refractivity contribution in [2.75, 3.05) is 14.2 Å². The Balaban J connectivity index is 2.34. The molecule has 2 aromatic rings. The number of nitrogens with one attached hydrogen (secondary N) is 2. The molecule has 1 amide bonds. The van der Waals surface area contributed by atoms with Crippen molar-refractivity contribution in [1.29, 1.82) is 0 Å². The molecule has 0 saturated heterocycles. The number of carboxylic acid groups (broad SMARTS) is 1. The number of carbonyl (C=O) groups excluding carboxylic acids is 1. The molecule has 1 unspecified atom stereocenters. The van der Waals surface area contributed by atoms with Gasteiger partial charge in [-0.05, 0) is 19.9 Å². The fraction of sp³-hybridized carbons (Fsp3) is 0.333. The Morgan fingerprint density at radius 1 is 1.25 bits per heavy atom. The summed E-state index contributed by atoms with van der Waals surface area (Å²) in [6.45, 7) is 3.35. The molecule has 1 atom stereocenters. The normalized spacial score (nSPS) is 11.7. The molecule has 0 bridgehead atoms. The Morgan fingerprint density at radius 3 is 2.46 bits per heavy atom. The van der Waals surface area contributed by atoms with Crippen molar-refractivity contribution in [2.24, 2.45) is 0 Å². The molecule has 9 nitrogen and oxygen atoms in total. The standard InChI is InChI=1S/C15H18N4O5/c1-7-11(8(2)19-18-7)12(15(21)22)17-13(20)9-5-6-10(23-3)16-14(9)24-4/h5-6,12H,1-4H3,(H,17,20)(H,18,19)(H,21,22). The van der Waals surface area contributed by atoms with E-state index in [0.717, 1.165) is 0 Å². The minimum Gasteiger partial charge on any atom is -0.481 e. The first-order valence-corrected chi connectivity index (χ1v) is 7.03. The zero-order valence-corrected chi connectivity index (χ0v) is 13.7. The third-order valence-electron chi connectivity index (χ3n) is 3.48. The molecule has 3 N–H and O–H groups in total. The van der Waals surface area contributed by atoms with Crippen LogP contribution >= 0.6 is 0 Å². The van der Waals surface area contributed by atoms with Gasteiger partial charge in [-0.1, -0.05) is 0 Å². The van der Waals surface area contributed by atoms with Crippen LogP contribution in [0, 0.1) is 13.8 Å². The number of nitrogens with zero attached hydrogens (tertiary/aromatic N) is 2. The molecule has 9 heteroatoms. The lowest BCUT2D eigenvalue weighted by Crippen LogP contribution is -2.34. The van der Waals surface area contributed by atoms with Crippen LogP contribution in [0.1, 0.15) is 33.4 Å². The fourth-order valence-electron chi connectivity index (χ4n) is 2.32. The molecule has 2 heterocycles. The fourth-order valence-corrected chi connectivity index (χ4v) is 2.32. The summed E-state index contributed by atoms with van der Waals surface area (Å²) in [5, 5.41) is 18.6. The van der Waals surface area contributed by atoms with E-state index in [0.29, 0.717) is 17.0 Å². The monoisotopic (exact) mass is 334 g/mol. The van der Waals surface area contributed by atoms with Crippen molar-refractivity contribution in [3.63, 3.8) is 0 Å². The van der Waals surface area contributed by atoms with Gasteiger partial charge in [-0.2, -0.15) is 10.1 Å². The summed E-state index contributed by atoms with van der Waals surface area (Å²) in [5.41, 5.74) is 1.58. The van der Waals surface area contributed by atoms with Crippen LogP contribution in [0.3, 0.4) is 0 Å². The van der Waals surface area contributed by atoms with Gasteiger partial charge >= 0.3 is 5.97 Å². The van der Waals surface area contributed by atoms with Crippen LogP contribution in [-0.2, 0) is 4.79 Å². The topological polar surface area (TPSA) is 126 Å². The Labute approximate surface area is 138 Å². The van der Waals surface area contributed by atoms with E-state index in [1.54, 1.807) is 13.8 Å². The predicted molar refractivity (Wildman–Crippen MR) is 83.2 cm³/mol. The minimum absolute atomic E-state index is 0.0385. The molecule has 0 radical (unpaired) electrons. The van der Waals surface area contributed by atoms with Crippen molar-refractivity contribution >= 4 is 11.9 Å². The van der Waals surface area contributed by atoms with Gasteiger partial charge in [0.2, 0.25) is 11.8 Å². The molecule has 2 aromatic heterocycles. The highest BCUT2D eigenvalue weighted by Crippen LogP contribution is 2.23. The van der Waals surface area contributed by atoms with Gasteiger partial charge < -0.3 is 19.9 Å². The lowest BCUT2D eigenvalue weighted by Gasteiger charge is -2.16. The van der Waals surface area contributed by atoms with E-state index in [2.05, 4.69) is 20.5 Å². The molecule has 0 spiro atoms. The average molecular weight is 334 g/mol. The number of aromatic amines is 1. The quantitative estimate of drug-likeness (QED) is 0.719. The number of hydrogen-bond acceptors (Lipinski definition) is 6. The summed E-state index contributed by atoms with van der Waals surface area (Å²) in [6, 6.07) is 1.69. The molecular formula is C15H18N4O5. The number of aliphatic carboxylic acids is 1. The molecule has 24 heavy (non-hydrogen) atoms. The van der Waals surface area contributed by atoms with Crippen molar-refractivity contribution in [1.82, 2.24) is 20.5 Å². The summed E-state index contributed by atoms with van der Waals surface area (Å²) in [6.07, 6.45) is 0. The number of carboxylic acids is 1. The third kappa shape index (κ3) is 3.29. The number of methoxy groups -OCH3 is 2. The molecule has 0 aliphatic heterocycles. The third-order valence-corrected chi connectivity index (χ3v) is 3.48. The smallest absolute Gasteiger partial charge is 0.331 e. The maximum absolute atomic E-state index is 12.5. The number of pyridine rings is 1. The lowest BCUT2D eigenvalue weighted by atomic mass is 10.0. The number of hydrogen-bond donors (Lipinski definition) is 3. The largest absolute Gasteiger partial charge is 0.481 e. The van der Waals surface area contributed by atoms with E-state index >= 15 is 0 Å². The maximum atomic E-state index is 12.5. The van der Waals surface area contributed by atoms with E-state index in [4.69, 9.17) is 9.47 Å². The van der Waals surface area contributed by atoms with E-state index in [9.17, 15) is 14.7 Å². The van der Waals surface area contributed by atoms with Crippen LogP contribution in [0.4, 0.5) is 0 Å². The van der Waals surface area contributed by atoms with Crippen LogP contribution in [0.25, 0.3) is 0 Å². The number of aromatic nitrogens is 3. The number of H-pyrrole nitrogens is 1. The van der Waals surface area contributed by atoms with Crippen LogP contribution in [-0.4, -0.2) is 46.4 Å². The first-order chi connectivity index (χ1) is 11.4. The Hall–Kier alpha value is -3.10. The number of rotatable bonds is 6. The van der Waals surface area contributed by atoms with Gasteiger partial charge in [0.05, 0.1) is 19.9 Å². The van der Waals surface area contributed by atoms with Gasteiger partial charge in [0.25, 0.3) is 5.91 Å². The molecule has 0 saturated carbocycles. The summed E-state index contributed by atoms with van der Waals surface area (Å²) in [7, 11) is 2.80. The van der Waals surface area contributed by atoms with Crippen molar-refractivity contribution in [2.45, 2.75) is 19.9 Å². The van der Waals surface area contributed by atoms with Gasteiger partial charge in [0.1, 0.15) is 5.56 Å². The second-order valence-electron chi connectivity index (χ2n) is 5.00. The van der Waals surface area contributed by atoms with Gasteiger partial charge in [0, 0.05) is 17.3 Å². The van der Waals surface area contributed by atoms with E-state index < -0.39 is 17.9 Å². The summed E-state index contributed by atoms with van der Waals surface area (Å²) in [5.74, 6) is -1.51. The lowest BCUT2D eigenvalue weighted by molar-refractivity contribution is -0.139. The Kier molecular flexibility index (Phi) is 5.02. The Morgan fingerprint density at radius 2 is 1.96 bits per heavy atom. The summed E-state index contributed by atoms with van der Waals surface area (Å²) >= 11 is 0. The number of carbonyl (C=O) groups is 2. The van der Waals surface area contributed by atoms with E-state index in [-0.39, 0.29) is 17.3 Å². The van der Waals surface area contributed by atoms with Crippen molar-refractivity contribution in [3.8, 4) is 11.8 Å². The van der Waals surface area contributed by atoms with Gasteiger partial charge in [-0.25, -0.2) is 4.79 Å². The molecule has 2 rings (SSSR count). The van der Waals surface area contributed by atoms with Crippen LogP contribution in [0.15, 0.2) is 12.1 Å². The predicted octanol–water partition coefficient (Wildman–Crippen LogP) is 0.994. The van der Waals surface area contributed by atoms with Crippen LogP contribution in [0.5, 0.6) is 11.8 Å². The molecule has 0 aliphatic rings. The molecule has 0 aromatic carbocycles. The van der Waals surface area contributed by atoms with Gasteiger partial charge in [0.15, 0.2) is 6.04 Å². The first-order valence-electron chi connectivity index (χ1n) is 7.03. The first kappa shape index (κ1) is 17.3. The highest BCUT2D eigenvalue weighted by Gasteiger charge is 2.28. The number of amides is 1. The van der Waals surface area contributed by atoms with Crippen LogP contribution < -0.4 is 14.8 Å². The summed E-state index contributed by atoms with van der Waals surface area (Å²) in [4.78, 5) is 28.1. The number of ether oxygens (including phenoxy) is 2. The molecular weight excluding hydrogens is 316 g/mol. The molecule has 0 fully saturated rings. The molecule has 0 aliphatic carbocycles. The van der Waals surface area contributed by atoms with Gasteiger partial charge in [-0.15, -0.1) is 0 Å². The Bertz CT molecular complexity index is 752. The average Bonchev–Trinajstić information content (AvgIpc) is 2.90. The zero-order valence-electron chi connectivity index (χ0n) is 13.7. The van der Waals surface area contributed by atoms with Crippen molar-refractivity contribution in [3.05, 3.63) is 34.6 Å². The van der Waals surface area contributed by atoms with Crippen LogP contribution in [0.2, 0.25) is 0 Å². The van der Waals surface area contributed by atoms with Gasteiger partial charge in [-0.3, -0.25) is 9.89 Å². The second kappa shape index (κ2) is 6.99. The van der Waals surface area contributed by atoms with Crippen molar-refractivity contribution < 1.29 is 24.2 Å². The maximum Gasteiger partial charge on any atom is 0.331 e. The number of aryl methyl sites for hydroxylation is 2. The SMILES string of the molecule is COc1ccc(C(=O)NC(C(=O)O)c2c(C)n[nH]c2C)c(OC)n1. The molecule has 128 valence electrons. The highest BCUT2D eigenvalue weighted by molar-refractivity contribution is 5.98. The van der Waals surface area contributed by atoms with E-state index in [1.165, 1.54) is 26.4 Å². The minimum atomic E-state index is -1.25. The highest BCUT2D eigenvalue weighted by atomic mass is 16.5. The van der Waals surface area contributed by atoms with E-state index in [1.807, 2.05) is 0 Å². The zero-order chi connectivity index (χ0) is 17.9. The summed E-state index contributed by atoms with van der Waals surface area (Å²) < 4.78 is 10.0.